The van der Waals surface area contributed by atoms with Crippen molar-refractivity contribution in [3.05, 3.63) is 24.0 Å². The van der Waals surface area contributed by atoms with Gasteiger partial charge in [-0.25, -0.2) is 4.39 Å². The first-order chi connectivity index (χ1) is 5.33. The molecule has 0 saturated heterocycles. The van der Waals surface area contributed by atoms with E-state index < -0.39 is 6.36 Å². The summed E-state index contributed by atoms with van der Waals surface area (Å²) in [5, 5.41) is 0. The molecular weight excluding hydrogens is 149 g/mol. The number of H-pyrrole nitrogens is 1. The molecule has 0 bridgehead atoms. The minimum absolute atomic E-state index is 0.0751. The van der Waals surface area contributed by atoms with Gasteiger partial charge in [-0.1, -0.05) is 0 Å². The van der Waals surface area contributed by atoms with Gasteiger partial charge in [0.2, 0.25) is 6.36 Å². The molecule has 60 valence electrons. The molecule has 0 aliphatic carbocycles. The van der Waals surface area contributed by atoms with Crippen LogP contribution in [0.3, 0.4) is 0 Å². The van der Waals surface area contributed by atoms with Crippen molar-refractivity contribution in [2.75, 3.05) is 0 Å². The van der Waals surface area contributed by atoms with Gasteiger partial charge in [-0.3, -0.25) is 4.79 Å². The summed E-state index contributed by atoms with van der Waals surface area (Å²) in [4.78, 5) is 12.5. The molecule has 1 atom stereocenters. The fraction of sp³-hybridized carbons (Fsp3) is 0.286. The number of rotatable bonds is 4. The molecule has 0 amide bonds. The molecule has 0 radical (unpaired) electrons. The Morgan fingerprint density at radius 3 is 3.18 bits per heavy atom. The molecule has 1 unspecified atom stereocenters. The Morgan fingerprint density at radius 1 is 1.82 bits per heavy atom. The number of carbonyl (C=O) groups excluding carboxylic acids is 1. The summed E-state index contributed by atoms with van der Waals surface area (Å²) in [6.45, 7) is 0.105. The first-order valence-corrected chi connectivity index (χ1v) is 3.18. The van der Waals surface area contributed by atoms with Gasteiger partial charge in [-0.2, -0.15) is 0 Å². The first-order valence-electron chi connectivity index (χ1n) is 3.18. The lowest BCUT2D eigenvalue weighted by atomic mass is 10.3. The van der Waals surface area contributed by atoms with Crippen LogP contribution in [0.15, 0.2) is 18.3 Å². The van der Waals surface area contributed by atoms with E-state index in [0.717, 1.165) is 0 Å². The summed E-state index contributed by atoms with van der Waals surface area (Å²) in [6, 6.07) is 3.48. The van der Waals surface area contributed by atoms with Crippen LogP contribution in [0.4, 0.5) is 4.39 Å². The number of nitrogens with one attached hydrogen (secondary N) is 1. The average Bonchev–Trinajstić information content (AvgIpc) is 2.40. The van der Waals surface area contributed by atoms with E-state index in [2.05, 4.69) is 9.72 Å². The second-order valence-corrected chi connectivity index (χ2v) is 2.04. The van der Waals surface area contributed by atoms with Crippen molar-refractivity contribution in [1.29, 1.82) is 0 Å². The molecule has 3 nitrogen and oxygen atoms in total. The molecule has 0 saturated carbocycles. The Labute approximate surface area is 63.2 Å². The third kappa shape index (κ3) is 2.41. The zero-order valence-electron chi connectivity index (χ0n) is 5.79. The Kier molecular flexibility index (Phi) is 2.66. The third-order valence-electron chi connectivity index (χ3n) is 1.25. The molecule has 1 aromatic heterocycles. The van der Waals surface area contributed by atoms with Crippen LogP contribution in [0.25, 0.3) is 0 Å². The largest absolute Gasteiger partial charge is 0.433 e. The van der Waals surface area contributed by atoms with Gasteiger partial charge in [-0.15, -0.1) is 0 Å². The van der Waals surface area contributed by atoms with Crippen LogP contribution in [0.5, 0.6) is 0 Å². The van der Waals surface area contributed by atoms with Gasteiger partial charge in [0.25, 0.3) is 6.47 Å². The molecule has 0 spiro atoms. The van der Waals surface area contributed by atoms with Crippen LogP contribution in [-0.2, 0) is 16.0 Å². The number of carbonyl (C=O) groups is 1. The van der Waals surface area contributed by atoms with Crippen LogP contribution in [0, 0.1) is 0 Å². The molecule has 0 aromatic carbocycles. The molecule has 1 aromatic rings. The quantitative estimate of drug-likeness (QED) is 0.663. The molecule has 1 N–H and O–H groups in total. The van der Waals surface area contributed by atoms with Crippen LogP contribution in [0.1, 0.15) is 5.69 Å². The second kappa shape index (κ2) is 3.75. The van der Waals surface area contributed by atoms with Gasteiger partial charge >= 0.3 is 0 Å². The molecule has 1 rings (SSSR count). The smallest absolute Gasteiger partial charge is 0.295 e. The van der Waals surface area contributed by atoms with E-state index in [9.17, 15) is 9.18 Å². The lowest BCUT2D eigenvalue weighted by Gasteiger charge is -2.02. The van der Waals surface area contributed by atoms with Gasteiger partial charge in [0, 0.05) is 11.9 Å². The summed E-state index contributed by atoms with van der Waals surface area (Å²) < 4.78 is 16.5. The van der Waals surface area contributed by atoms with E-state index in [0.29, 0.717) is 5.69 Å². The molecule has 0 aliphatic rings. The highest BCUT2D eigenvalue weighted by Crippen LogP contribution is 2.03. The van der Waals surface area contributed by atoms with Gasteiger partial charge in [0.15, 0.2) is 0 Å². The number of ether oxygens (including phenoxy) is 1. The van der Waals surface area contributed by atoms with Crippen molar-refractivity contribution in [1.82, 2.24) is 4.98 Å². The number of aromatic amines is 1. The standard InChI is InChI=1S/C7H8FNO2/c8-7(11-5-10)4-6-2-1-3-9-6/h1-3,5,7,9H,4H2. The lowest BCUT2D eigenvalue weighted by molar-refractivity contribution is -0.141. The number of aromatic nitrogens is 1. The van der Waals surface area contributed by atoms with Crippen LogP contribution in [-0.4, -0.2) is 17.8 Å². The fourth-order valence-electron chi connectivity index (χ4n) is 0.776. The molecule has 1 heterocycles. The zero-order valence-corrected chi connectivity index (χ0v) is 5.79. The third-order valence-corrected chi connectivity index (χ3v) is 1.25. The molecule has 0 aliphatic heterocycles. The van der Waals surface area contributed by atoms with Crippen molar-refractivity contribution in [3.8, 4) is 0 Å². The van der Waals surface area contributed by atoms with E-state index in [1.807, 2.05) is 0 Å². The van der Waals surface area contributed by atoms with Crippen LogP contribution < -0.4 is 0 Å². The highest BCUT2D eigenvalue weighted by atomic mass is 19.1. The highest BCUT2D eigenvalue weighted by Gasteiger charge is 2.06. The van der Waals surface area contributed by atoms with Crippen molar-refractivity contribution in [3.63, 3.8) is 0 Å². The van der Waals surface area contributed by atoms with E-state index in [4.69, 9.17) is 0 Å². The lowest BCUT2D eigenvalue weighted by Crippen LogP contribution is -2.08. The minimum Gasteiger partial charge on any atom is -0.433 e. The van der Waals surface area contributed by atoms with Crippen LogP contribution in [0.2, 0.25) is 0 Å². The Morgan fingerprint density at radius 2 is 2.64 bits per heavy atom. The van der Waals surface area contributed by atoms with Crippen molar-refractivity contribution in [2.45, 2.75) is 12.8 Å². The van der Waals surface area contributed by atoms with Gasteiger partial charge in [0.05, 0.1) is 6.42 Å². The Hall–Kier alpha value is -1.32. The van der Waals surface area contributed by atoms with E-state index in [1.54, 1.807) is 18.3 Å². The van der Waals surface area contributed by atoms with E-state index >= 15 is 0 Å². The maximum absolute atomic E-state index is 12.5. The number of hydrogen-bond acceptors (Lipinski definition) is 2. The Bertz CT molecular complexity index is 210. The molecular formula is C7H8FNO2. The molecule has 0 fully saturated rings. The normalized spacial score (nSPS) is 12.5. The van der Waals surface area contributed by atoms with Gasteiger partial charge < -0.3 is 9.72 Å². The fourth-order valence-corrected chi connectivity index (χ4v) is 0.776. The van der Waals surface area contributed by atoms with E-state index in [-0.39, 0.29) is 12.9 Å². The summed E-state index contributed by atoms with van der Waals surface area (Å²) in [6.07, 6.45) is 0.209. The Balaban J connectivity index is 2.37. The summed E-state index contributed by atoms with van der Waals surface area (Å²) in [5.74, 6) is 0. The van der Waals surface area contributed by atoms with Crippen molar-refractivity contribution < 1.29 is 13.9 Å². The predicted octanol–water partition coefficient (Wildman–Crippen LogP) is 1.03. The average molecular weight is 157 g/mol. The summed E-state index contributed by atoms with van der Waals surface area (Å²) >= 11 is 0. The van der Waals surface area contributed by atoms with Crippen molar-refractivity contribution >= 4 is 6.47 Å². The number of halogens is 1. The molecule has 4 heteroatoms. The first kappa shape index (κ1) is 7.78. The van der Waals surface area contributed by atoms with Gasteiger partial charge in [-0.05, 0) is 12.1 Å². The maximum Gasteiger partial charge on any atom is 0.295 e. The maximum atomic E-state index is 12.5. The second-order valence-electron chi connectivity index (χ2n) is 2.04. The van der Waals surface area contributed by atoms with Crippen molar-refractivity contribution in [2.24, 2.45) is 0 Å². The highest BCUT2D eigenvalue weighted by molar-refractivity contribution is 5.37. The summed E-state index contributed by atoms with van der Waals surface area (Å²) in [5.41, 5.74) is 0.708. The molecule has 11 heavy (non-hydrogen) atoms. The number of alkyl halides is 1. The van der Waals surface area contributed by atoms with E-state index in [1.165, 1.54) is 0 Å². The van der Waals surface area contributed by atoms with Gasteiger partial charge in [0.1, 0.15) is 0 Å². The number of hydrogen-bond donors (Lipinski definition) is 1. The summed E-state index contributed by atoms with van der Waals surface area (Å²) in [7, 11) is 0. The monoisotopic (exact) mass is 157 g/mol. The SMILES string of the molecule is O=COC(F)Cc1ccc[nH]1. The minimum atomic E-state index is -1.55. The topological polar surface area (TPSA) is 42.1 Å². The zero-order chi connectivity index (χ0) is 8.10. The van der Waals surface area contributed by atoms with Crippen LogP contribution >= 0.6 is 0 Å². The predicted molar refractivity (Wildman–Crippen MR) is 36.5 cm³/mol.